The molecule has 2 N–H and O–H groups in total. The molecule has 0 aliphatic carbocycles. The third-order valence-electron chi connectivity index (χ3n) is 5.24. The number of carbonyl (C=O) groups excluding carboxylic acids is 2. The molecule has 7 nitrogen and oxygen atoms in total. The van der Waals surface area contributed by atoms with Crippen LogP contribution in [-0.4, -0.2) is 37.5 Å². The van der Waals surface area contributed by atoms with E-state index in [0.29, 0.717) is 25.2 Å². The van der Waals surface area contributed by atoms with Crippen molar-refractivity contribution in [2.75, 3.05) is 5.32 Å². The first kappa shape index (κ1) is 18.3. The number of hydrogen-bond acceptors (Lipinski definition) is 3. The summed E-state index contributed by atoms with van der Waals surface area (Å²) in [6, 6.07) is 9.39. The van der Waals surface area contributed by atoms with Crippen LogP contribution in [0.5, 0.6) is 0 Å². The van der Waals surface area contributed by atoms with E-state index in [0.717, 1.165) is 35.1 Å². The van der Waals surface area contributed by atoms with Crippen LogP contribution in [0.15, 0.2) is 36.5 Å². The standard InChI is InChI=1S/C21H25N5O2/c1-3-10-26-19(11-14(2)24-26)23-21(28)18-8-9-20(27)25(18)13-15-12-22-17-7-5-4-6-16(15)17/h4-7,11-12,18,22H,3,8-10,13H2,1-2H3,(H,23,28). The lowest BCUT2D eigenvalue weighted by atomic mass is 10.1. The number of nitrogens with one attached hydrogen (secondary N) is 2. The molecular weight excluding hydrogens is 354 g/mol. The number of benzene rings is 1. The van der Waals surface area contributed by atoms with Crippen LogP contribution >= 0.6 is 0 Å². The third-order valence-corrected chi connectivity index (χ3v) is 5.24. The van der Waals surface area contributed by atoms with E-state index in [4.69, 9.17) is 0 Å². The molecule has 28 heavy (non-hydrogen) atoms. The maximum atomic E-state index is 13.0. The topological polar surface area (TPSA) is 83.0 Å². The molecule has 0 radical (unpaired) electrons. The average Bonchev–Trinajstić information content (AvgIpc) is 3.35. The SMILES string of the molecule is CCCn1nc(C)cc1NC(=O)C1CCC(=O)N1Cc1c[nH]c2ccccc12. The summed E-state index contributed by atoms with van der Waals surface area (Å²) in [5.74, 6) is 0.558. The summed E-state index contributed by atoms with van der Waals surface area (Å²) in [6.45, 7) is 5.14. The molecule has 0 saturated carbocycles. The Kier molecular flexibility index (Phi) is 4.90. The summed E-state index contributed by atoms with van der Waals surface area (Å²) in [5.41, 5.74) is 2.92. The van der Waals surface area contributed by atoms with E-state index in [1.165, 1.54) is 0 Å². The molecule has 7 heteroatoms. The fourth-order valence-electron chi connectivity index (χ4n) is 3.89. The Bertz CT molecular complexity index is 1020. The van der Waals surface area contributed by atoms with Gasteiger partial charge in [-0.25, -0.2) is 4.68 Å². The fourth-order valence-corrected chi connectivity index (χ4v) is 3.89. The van der Waals surface area contributed by atoms with E-state index in [-0.39, 0.29) is 11.8 Å². The maximum absolute atomic E-state index is 13.0. The van der Waals surface area contributed by atoms with Crippen LogP contribution in [-0.2, 0) is 22.7 Å². The number of aromatic amines is 1. The van der Waals surface area contributed by atoms with Gasteiger partial charge in [-0.05, 0) is 31.4 Å². The van der Waals surface area contributed by atoms with E-state index in [1.807, 2.05) is 48.1 Å². The van der Waals surface area contributed by atoms with Gasteiger partial charge in [0.15, 0.2) is 0 Å². The predicted molar refractivity (Wildman–Crippen MR) is 108 cm³/mol. The van der Waals surface area contributed by atoms with Gasteiger partial charge in [0.05, 0.1) is 5.69 Å². The minimum absolute atomic E-state index is 0.0173. The minimum Gasteiger partial charge on any atom is -0.361 e. The van der Waals surface area contributed by atoms with Crippen molar-refractivity contribution in [2.24, 2.45) is 0 Å². The van der Waals surface area contributed by atoms with Crippen LogP contribution in [0, 0.1) is 6.92 Å². The van der Waals surface area contributed by atoms with E-state index < -0.39 is 6.04 Å². The smallest absolute Gasteiger partial charge is 0.248 e. The van der Waals surface area contributed by atoms with Gasteiger partial charge in [0.2, 0.25) is 11.8 Å². The van der Waals surface area contributed by atoms with Crippen LogP contribution in [0.4, 0.5) is 5.82 Å². The second kappa shape index (κ2) is 7.50. The highest BCUT2D eigenvalue weighted by atomic mass is 16.2. The predicted octanol–water partition coefficient (Wildman–Crippen LogP) is 3.21. The molecule has 1 aromatic carbocycles. The van der Waals surface area contributed by atoms with Crippen molar-refractivity contribution in [1.29, 1.82) is 0 Å². The number of hydrogen-bond donors (Lipinski definition) is 2. The largest absolute Gasteiger partial charge is 0.361 e. The zero-order valence-corrected chi connectivity index (χ0v) is 16.2. The Morgan fingerprint density at radius 2 is 2.18 bits per heavy atom. The number of H-pyrrole nitrogens is 1. The van der Waals surface area contributed by atoms with Gasteiger partial charge in [-0.1, -0.05) is 25.1 Å². The quantitative estimate of drug-likeness (QED) is 0.690. The Morgan fingerprint density at radius 1 is 1.36 bits per heavy atom. The van der Waals surface area contributed by atoms with Gasteiger partial charge >= 0.3 is 0 Å². The second-order valence-electron chi connectivity index (χ2n) is 7.32. The molecule has 1 fully saturated rings. The summed E-state index contributed by atoms with van der Waals surface area (Å²) < 4.78 is 1.81. The van der Waals surface area contributed by atoms with Gasteiger partial charge in [-0.2, -0.15) is 5.10 Å². The molecule has 146 valence electrons. The van der Waals surface area contributed by atoms with Crippen LogP contribution in [0.3, 0.4) is 0 Å². The summed E-state index contributed by atoms with van der Waals surface area (Å²) in [5, 5.41) is 8.49. The first-order valence-corrected chi connectivity index (χ1v) is 9.76. The first-order chi connectivity index (χ1) is 13.6. The molecule has 1 aliphatic rings. The highest BCUT2D eigenvalue weighted by Gasteiger charge is 2.36. The van der Waals surface area contributed by atoms with Crippen molar-refractivity contribution in [3.8, 4) is 0 Å². The number of carbonyl (C=O) groups is 2. The molecule has 1 unspecified atom stereocenters. The van der Waals surface area contributed by atoms with Gasteiger partial charge in [-0.3, -0.25) is 9.59 Å². The normalized spacial score (nSPS) is 16.9. The van der Waals surface area contributed by atoms with E-state index in [9.17, 15) is 9.59 Å². The van der Waals surface area contributed by atoms with Crippen molar-refractivity contribution in [2.45, 2.75) is 52.2 Å². The van der Waals surface area contributed by atoms with Gasteiger partial charge in [-0.15, -0.1) is 0 Å². The van der Waals surface area contributed by atoms with Crippen LogP contribution in [0.2, 0.25) is 0 Å². The molecule has 4 rings (SSSR count). The van der Waals surface area contributed by atoms with Crippen molar-refractivity contribution < 1.29 is 9.59 Å². The lowest BCUT2D eigenvalue weighted by Gasteiger charge is -2.24. The number of aromatic nitrogens is 3. The summed E-state index contributed by atoms with van der Waals surface area (Å²) >= 11 is 0. The number of fused-ring (bicyclic) bond motifs is 1. The second-order valence-corrected chi connectivity index (χ2v) is 7.32. The molecule has 2 aromatic heterocycles. The van der Waals surface area contributed by atoms with Crippen LogP contribution < -0.4 is 5.32 Å². The Labute approximate surface area is 163 Å². The van der Waals surface area contributed by atoms with Crippen molar-refractivity contribution in [3.63, 3.8) is 0 Å². The summed E-state index contributed by atoms with van der Waals surface area (Å²) in [7, 11) is 0. The lowest BCUT2D eigenvalue weighted by molar-refractivity contribution is -0.133. The summed E-state index contributed by atoms with van der Waals surface area (Å²) in [4.78, 5) is 30.4. The van der Waals surface area contributed by atoms with Gasteiger partial charge in [0.25, 0.3) is 0 Å². The molecule has 1 saturated heterocycles. The number of rotatable bonds is 6. The highest BCUT2D eigenvalue weighted by Crippen LogP contribution is 2.26. The number of aryl methyl sites for hydroxylation is 2. The molecule has 0 bridgehead atoms. The van der Waals surface area contributed by atoms with Gasteiger partial charge in [0.1, 0.15) is 11.9 Å². The van der Waals surface area contributed by atoms with Crippen molar-refractivity contribution >= 4 is 28.5 Å². The van der Waals surface area contributed by atoms with Crippen LogP contribution in [0.25, 0.3) is 10.9 Å². The molecule has 1 atom stereocenters. The number of nitrogens with zero attached hydrogens (tertiary/aromatic N) is 3. The van der Waals surface area contributed by atoms with E-state index >= 15 is 0 Å². The van der Waals surface area contributed by atoms with E-state index in [1.54, 1.807) is 4.90 Å². The van der Waals surface area contributed by atoms with Gasteiger partial charge < -0.3 is 15.2 Å². The minimum atomic E-state index is -0.466. The zero-order chi connectivity index (χ0) is 19.7. The first-order valence-electron chi connectivity index (χ1n) is 9.76. The molecule has 3 heterocycles. The molecule has 0 spiro atoms. The van der Waals surface area contributed by atoms with Crippen molar-refractivity contribution in [3.05, 3.63) is 47.8 Å². The van der Waals surface area contributed by atoms with Gasteiger partial charge in [0, 0.05) is 42.7 Å². The highest BCUT2D eigenvalue weighted by molar-refractivity contribution is 5.98. The molecule has 3 aromatic rings. The third kappa shape index (κ3) is 3.40. The molecule has 1 aliphatic heterocycles. The monoisotopic (exact) mass is 379 g/mol. The molecular formula is C21H25N5O2. The fraction of sp³-hybridized carbons (Fsp3) is 0.381. The van der Waals surface area contributed by atoms with Crippen molar-refractivity contribution in [1.82, 2.24) is 19.7 Å². The Morgan fingerprint density at radius 3 is 3.00 bits per heavy atom. The van der Waals surface area contributed by atoms with E-state index in [2.05, 4.69) is 22.3 Å². The zero-order valence-electron chi connectivity index (χ0n) is 16.2. The number of likely N-dealkylation sites (tertiary alicyclic amines) is 1. The Hall–Kier alpha value is -3.09. The molecule has 2 amide bonds. The number of anilines is 1. The summed E-state index contributed by atoms with van der Waals surface area (Å²) in [6.07, 6.45) is 3.78. The lowest BCUT2D eigenvalue weighted by Crippen LogP contribution is -2.41. The van der Waals surface area contributed by atoms with Crippen LogP contribution in [0.1, 0.15) is 37.4 Å². The Balaban J connectivity index is 1.53. The number of amides is 2. The average molecular weight is 379 g/mol. The maximum Gasteiger partial charge on any atom is 0.248 e. The number of para-hydroxylation sites is 1.